The molecule has 199 valence electrons. The van der Waals surface area contributed by atoms with Crippen molar-refractivity contribution in [1.82, 2.24) is 14.7 Å². The van der Waals surface area contributed by atoms with Crippen molar-refractivity contribution < 1.29 is 27.5 Å². The number of benzene rings is 2. The molecule has 5 rings (SSSR count). The number of halogens is 4. The topological polar surface area (TPSA) is 47.0 Å². The molecule has 1 amide bonds. The van der Waals surface area contributed by atoms with Crippen molar-refractivity contribution in [3.05, 3.63) is 65.0 Å². The minimum absolute atomic E-state index is 0.0136. The van der Waals surface area contributed by atoms with Crippen LogP contribution in [0, 0.1) is 24.7 Å². The van der Waals surface area contributed by atoms with Gasteiger partial charge in [0.2, 0.25) is 5.91 Å². The predicted molar refractivity (Wildman–Crippen MR) is 131 cm³/mol. The number of likely N-dealkylation sites (N-methyl/N-ethyl adjacent to an activating group) is 1. The number of carbonyl (C=O) groups is 1. The first-order valence-corrected chi connectivity index (χ1v) is 12.8. The maximum atomic E-state index is 14.8. The van der Waals surface area contributed by atoms with E-state index in [-0.39, 0.29) is 31.3 Å². The number of amides is 1. The fourth-order valence-electron chi connectivity index (χ4n) is 6.56. The second kappa shape index (κ2) is 9.91. The molecule has 0 spiro atoms. The molecule has 5 nitrogen and oxygen atoms in total. The fraction of sp³-hybridized carbons (Fsp3) is 0.536. The van der Waals surface area contributed by atoms with E-state index in [2.05, 4.69) is 15.9 Å². The highest BCUT2D eigenvalue weighted by atomic mass is 19.4. The maximum absolute atomic E-state index is 14.8. The van der Waals surface area contributed by atoms with Crippen molar-refractivity contribution in [2.24, 2.45) is 5.92 Å². The van der Waals surface area contributed by atoms with E-state index in [4.69, 9.17) is 0 Å². The van der Waals surface area contributed by atoms with E-state index in [0.29, 0.717) is 29.7 Å². The molecule has 2 aromatic rings. The van der Waals surface area contributed by atoms with Crippen LogP contribution in [0.25, 0.3) is 0 Å². The molecule has 0 unspecified atom stereocenters. The number of piperidine rings is 1. The summed E-state index contributed by atoms with van der Waals surface area (Å²) in [4.78, 5) is 19.4. The van der Waals surface area contributed by atoms with Crippen LogP contribution in [0.4, 0.5) is 17.6 Å². The lowest BCUT2D eigenvalue weighted by molar-refractivity contribution is -0.185. The van der Waals surface area contributed by atoms with Crippen LogP contribution in [0.3, 0.4) is 0 Å². The van der Waals surface area contributed by atoms with Crippen molar-refractivity contribution >= 4 is 5.91 Å². The van der Waals surface area contributed by atoms with Crippen LogP contribution >= 0.6 is 0 Å². The fourth-order valence-corrected chi connectivity index (χ4v) is 6.56. The number of aromatic hydroxyl groups is 1. The Kier molecular flexibility index (Phi) is 6.96. The summed E-state index contributed by atoms with van der Waals surface area (Å²) in [6.45, 7) is 4.07. The zero-order chi connectivity index (χ0) is 26.5. The van der Waals surface area contributed by atoms with Gasteiger partial charge in [-0.1, -0.05) is 24.3 Å². The molecule has 9 heteroatoms. The molecule has 1 radical (unpaired) electrons. The van der Waals surface area contributed by atoms with Crippen LogP contribution < -0.4 is 0 Å². The smallest absolute Gasteiger partial charge is 0.408 e. The van der Waals surface area contributed by atoms with E-state index < -0.39 is 41.7 Å². The van der Waals surface area contributed by atoms with Gasteiger partial charge in [0.15, 0.2) is 0 Å². The lowest BCUT2D eigenvalue weighted by atomic mass is 9.68. The van der Waals surface area contributed by atoms with Crippen LogP contribution in [0.15, 0.2) is 36.4 Å². The number of phenolic OH excluding ortho intramolecular Hbond substituents is 1. The van der Waals surface area contributed by atoms with E-state index >= 15 is 0 Å². The monoisotopic (exact) mass is 518 g/mol. The number of nitrogens with zero attached hydrogens (tertiary/aromatic N) is 3. The number of carbonyl (C=O) groups excluding carboxylic acids is 1. The van der Waals surface area contributed by atoms with Crippen molar-refractivity contribution in [2.45, 2.75) is 49.9 Å². The molecule has 4 atom stereocenters. The molecule has 3 saturated heterocycles. The molecule has 37 heavy (non-hydrogen) atoms. The minimum Gasteiger partial charge on any atom is -0.508 e. The minimum atomic E-state index is -4.51. The van der Waals surface area contributed by atoms with Gasteiger partial charge in [-0.05, 0) is 61.7 Å². The van der Waals surface area contributed by atoms with Crippen LogP contribution in [0.1, 0.15) is 41.4 Å². The maximum Gasteiger partial charge on any atom is 0.408 e. The van der Waals surface area contributed by atoms with Gasteiger partial charge in [0.1, 0.15) is 17.6 Å². The molecular formula is C28H32F4N3O2. The van der Waals surface area contributed by atoms with Crippen LogP contribution in [0.2, 0.25) is 0 Å². The summed E-state index contributed by atoms with van der Waals surface area (Å²) < 4.78 is 56.4. The predicted octanol–water partition coefficient (Wildman–Crippen LogP) is 4.31. The van der Waals surface area contributed by atoms with Crippen molar-refractivity contribution in [2.75, 3.05) is 39.8 Å². The molecule has 3 heterocycles. The number of phenols is 1. The Morgan fingerprint density at radius 3 is 2.54 bits per heavy atom. The van der Waals surface area contributed by atoms with Gasteiger partial charge < -0.3 is 14.9 Å². The third kappa shape index (κ3) is 4.83. The molecule has 1 N–H and O–H groups in total. The Bertz CT molecular complexity index is 1150. The van der Waals surface area contributed by atoms with E-state index in [1.807, 2.05) is 7.05 Å². The Labute approximate surface area is 214 Å². The number of hydrogen-bond acceptors (Lipinski definition) is 4. The third-order valence-corrected chi connectivity index (χ3v) is 8.46. The summed E-state index contributed by atoms with van der Waals surface area (Å²) in [6, 6.07) is 10.8. The van der Waals surface area contributed by atoms with Gasteiger partial charge in [0.05, 0.1) is 5.92 Å². The van der Waals surface area contributed by atoms with Gasteiger partial charge in [-0.3, -0.25) is 9.69 Å². The third-order valence-electron chi connectivity index (χ3n) is 8.46. The Morgan fingerprint density at radius 2 is 1.86 bits per heavy atom. The average molecular weight is 519 g/mol. The zero-order valence-electron chi connectivity index (χ0n) is 21.0. The number of likely N-dealkylation sites (tertiary alicyclic amines) is 3. The lowest BCUT2D eigenvalue weighted by Crippen LogP contribution is -2.63. The highest BCUT2D eigenvalue weighted by Crippen LogP contribution is 2.48. The Hall–Kier alpha value is -2.65. The van der Waals surface area contributed by atoms with Crippen molar-refractivity contribution in [1.29, 1.82) is 0 Å². The average Bonchev–Trinajstić information content (AvgIpc) is 3.34. The second-order valence-corrected chi connectivity index (χ2v) is 10.7. The first-order valence-electron chi connectivity index (χ1n) is 12.8. The van der Waals surface area contributed by atoms with Gasteiger partial charge in [-0.15, -0.1) is 0 Å². The summed E-state index contributed by atoms with van der Waals surface area (Å²) >= 11 is 0. The summed E-state index contributed by atoms with van der Waals surface area (Å²) in [7, 11) is 2.00. The second-order valence-electron chi connectivity index (χ2n) is 10.7. The van der Waals surface area contributed by atoms with Gasteiger partial charge in [-0.25, -0.2) is 4.39 Å². The number of hydrogen-bond donors (Lipinski definition) is 1. The SMILES string of the molecule is Cc1c(F)cccc1[C@H]1[C@H](C(=O)N2CCC[C@H]2C(F)(F)F)CN(C2CN(C)C2)C[C@H]1c1cc[c]cc1O. The highest BCUT2D eigenvalue weighted by Gasteiger charge is 2.52. The van der Waals surface area contributed by atoms with Crippen molar-refractivity contribution in [3.8, 4) is 5.75 Å². The summed E-state index contributed by atoms with van der Waals surface area (Å²) in [6.07, 6.45) is -4.32. The summed E-state index contributed by atoms with van der Waals surface area (Å²) in [5.41, 5.74) is 1.57. The molecule has 3 aliphatic heterocycles. The first kappa shape index (κ1) is 26.0. The molecule has 3 fully saturated rings. The van der Waals surface area contributed by atoms with Crippen LogP contribution in [0.5, 0.6) is 5.75 Å². The normalized spacial score (nSPS) is 27.9. The first-order chi connectivity index (χ1) is 17.6. The molecule has 0 bridgehead atoms. The molecule has 2 aromatic carbocycles. The molecule has 3 aliphatic rings. The highest BCUT2D eigenvalue weighted by molar-refractivity contribution is 5.81. The largest absolute Gasteiger partial charge is 0.508 e. The van der Waals surface area contributed by atoms with Crippen molar-refractivity contribution in [3.63, 3.8) is 0 Å². The van der Waals surface area contributed by atoms with Gasteiger partial charge >= 0.3 is 6.18 Å². The quantitative estimate of drug-likeness (QED) is 0.613. The van der Waals surface area contributed by atoms with Gasteiger partial charge in [0.25, 0.3) is 0 Å². The van der Waals surface area contributed by atoms with E-state index in [9.17, 15) is 27.5 Å². The standard InChI is InChI=1S/C28H32F4N3O2/c1-17-19(8-5-9-23(17)29)26-21(20-7-3-4-10-24(20)36)15-34(18-13-33(2)14-18)16-22(26)27(37)35-12-6-11-25(35)28(30,31)32/h3,5,7-10,18,21-22,25-26,36H,6,11-16H2,1-2H3/t21-,22+,25-,26+/m0/s1. The summed E-state index contributed by atoms with van der Waals surface area (Å²) in [5, 5.41) is 10.8. The van der Waals surface area contributed by atoms with E-state index in [1.54, 1.807) is 31.2 Å². The van der Waals surface area contributed by atoms with Crippen LogP contribution in [-0.4, -0.2) is 83.7 Å². The Balaban J connectivity index is 1.62. The molecule has 0 saturated carbocycles. The molecule has 0 aromatic heterocycles. The van der Waals surface area contributed by atoms with Gasteiger partial charge in [0, 0.05) is 50.6 Å². The van der Waals surface area contributed by atoms with E-state index in [1.165, 1.54) is 12.1 Å². The number of alkyl halides is 3. The van der Waals surface area contributed by atoms with E-state index in [0.717, 1.165) is 18.0 Å². The molecular weight excluding hydrogens is 486 g/mol. The van der Waals surface area contributed by atoms with Gasteiger partial charge in [-0.2, -0.15) is 13.2 Å². The molecule has 0 aliphatic carbocycles. The zero-order valence-corrected chi connectivity index (χ0v) is 21.0. The lowest BCUT2D eigenvalue weighted by Gasteiger charge is -2.52. The Morgan fingerprint density at radius 1 is 1.11 bits per heavy atom. The summed E-state index contributed by atoms with van der Waals surface area (Å²) in [5.74, 6) is -2.80. The number of rotatable bonds is 4. The van der Waals surface area contributed by atoms with Crippen LogP contribution in [-0.2, 0) is 4.79 Å².